The minimum absolute atomic E-state index is 0.0106. The number of carbonyl (C=O) groups excluding carboxylic acids is 1. The van der Waals surface area contributed by atoms with Gasteiger partial charge in [0.25, 0.3) is 0 Å². The molecule has 0 aliphatic carbocycles. The van der Waals surface area contributed by atoms with Crippen LogP contribution in [0.2, 0.25) is 0 Å². The monoisotopic (exact) mass is 290 g/mol. The maximum Gasteiger partial charge on any atom is 0.194 e. The minimum Gasteiger partial charge on any atom is -0.289 e. The highest BCUT2D eigenvalue weighted by Gasteiger charge is 2.11. The lowest BCUT2D eigenvalue weighted by Crippen LogP contribution is -2.01. The highest BCUT2D eigenvalue weighted by Crippen LogP contribution is 2.22. The molecule has 0 bridgehead atoms. The summed E-state index contributed by atoms with van der Waals surface area (Å²) in [4.78, 5) is 21.2. The largest absolute Gasteiger partial charge is 0.289 e. The second-order valence-electron chi connectivity index (χ2n) is 4.77. The summed E-state index contributed by atoms with van der Waals surface area (Å²) in [5.74, 6) is -0.0106. The van der Waals surface area contributed by atoms with E-state index in [9.17, 15) is 4.79 Å². The zero-order valence-corrected chi connectivity index (χ0v) is 11.8. The van der Waals surface area contributed by atoms with Gasteiger partial charge in [-0.1, -0.05) is 6.07 Å². The van der Waals surface area contributed by atoms with Crippen LogP contribution in [0.1, 0.15) is 15.9 Å². The summed E-state index contributed by atoms with van der Waals surface area (Å²) in [5.41, 5.74) is 3.10. The van der Waals surface area contributed by atoms with Crippen molar-refractivity contribution < 1.29 is 4.79 Å². The van der Waals surface area contributed by atoms with E-state index in [1.165, 1.54) is 0 Å². The molecular weight excluding hydrogens is 280 g/mol. The zero-order valence-electron chi connectivity index (χ0n) is 11.0. The average Bonchev–Trinajstić information content (AvgIpc) is 3.01. The fourth-order valence-electron chi connectivity index (χ4n) is 2.35. The second-order valence-corrected chi connectivity index (χ2v) is 5.72. The van der Waals surface area contributed by atoms with Crippen LogP contribution in [-0.2, 0) is 0 Å². The van der Waals surface area contributed by atoms with Gasteiger partial charge in [0.2, 0.25) is 0 Å². The van der Waals surface area contributed by atoms with Crippen LogP contribution >= 0.6 is 11.3 Å². The number of thiophene rings is 1. The molecule has 0 N–H and O–H groups in total. The summed E-state index contributed by atoms with van der Waals surface area (Å²) in [6.07, 6.45) is 3.39. The fourth-order valence-corrected chi connectivity index (χ4v) is 3.13. The molecule has 1 aromatic carbocycles. The van der Waals surface area contributed by atoms with E-state index in [4.69, 9.17) is 0 Å². The number of hydrogen-bond acceptors (Lipinski definition) is 4. The molecule has 4 aromatic rings. The predicted molar refractivity (Wildman–Crippen MR) is 84.8 cm³/mol. The summed E-state index contributed by atoms with van der Waals surface area (Å²) in [7, 11) is 0. The van der Waals surface area contributed by atoms with E-state index >= 15 is 0 Å². The van der Waals surface area contributed by atoms with Crippen molar-refractivity contribution in [2.24, 2.45) is 0 Å². The van der Waals surface area contributed by atoms with Gasteiger partial charge in [0, 0.05) is 28.9 Å². The van der Waals surface area contributed by atoms with E-state index in [0.717, 1.165) is 21.1 Å². The first kappa shape index (κ1) is 12.2. The Bertz CT molecular complexity index is 975. The number of rotatable bonds is 2. The fraction of sp³-hybridized carbons (Fsp3) is 0. The number of carbonyl (C=O) groups is 1. The van der Waals surface area contributed by atoms with E-state index in [-0.39, 0.29) is 5.78 Å². The van der Waals surface area contributed by atoms with Crippen LogP contribution in [0.4, 0.5) is 0 Å². The summed E-state index contributed by atoms with van der Waals surface area (Å²) in [6.45, 7) is 0. The number of aromatic nitrogens is 2. The van der Waals surface area contributed by atoms with Crippen molar-refractivity contribution in [3.8, 4) is 0 Å². The van der Waals surface area contributed by atoms with Crippen molar-refractivity contribution in [2.75, 3.05) is 0 Å². The highest BCUT2D eigenvalue weighted by atomic mass is 32.1. The quantitative estimate of drug-likeness (QED) is 0.522. The first-order chi connectivity index (χ1) is 10.3. The Morgan fingerprint density at radius 2 is 1.90 bits per heavy atom. The average molecular weight is 290 g/mol. The molecule has 3 heterocycles. The van der Waals surface area contributed by atoms with Gasteiger partial charge >= 0.3 is 0 Å². The Balaban J connectivity index is 1.81. The molecule has 100 valence electrons. The Morgan fingerprint density at radius 3 is 2.86 bits per heavy atom. The molecule has 0 saturated heterocycles. The lowest BCUT2D eigenvalue weighted by molar-refractivity contribution is 0.103. The lowest BCUT2D eigenvalue weighted by Gasteiger charge is -2.03. The van der Waals surface area contributed by atoms with Crippen molar-refractivity contribution in [2.45, 2.75) is 0 Å². The molecule has 0 aliphatic rings. The predicted octanol–water partition coefficient (Wildman–Crippen LogP) is 4.08. The summed E-state index contributed by atoms with van der Waals surface area (Å²) < 4.78 is 1.03. The number of benzene rings is 1. The molecule has 0 amide bonds. The number of ketones is 1. The number of nitrogens with zero attached hydrogens (tertiary/aromatic N) is 2. The highest BCUT2D eigenvalue weighted by molar-refractivity contribution is 7.17. The van der Waals surface area contributed by atoms with Gasteiger partial charge in [-0.25, -0.2) is 0 Å². The Hall–Kier alpha value is -2.59. The SMILES string of the molecule is O=C(c1ccc2ncccc2c1)c1cnc2ccsc2c1. The first-order valence-electron chi connectivity index (χ1n) is 6.54. The van der Waals surface area contributed by atoms with Crippen molar-refractivity contribution >= 4 is 38.2 Å². The van der Waals surface area contributed by atoms with Gasteiger partial charge in [-0.15, -0.1) is 11.3 Å². The molecule has 0 radical (unpaired) electrons. The van der Waals surface area contributed by atoms with Crippen LogP contribution in [0.15, 0.2) is 60.2 Å². The Labute approximate surface area is 124 Å². The van der Waals surface area contributed by atoms with Gasteiger partial charge < -0.3 is 0 Å². The third kappa shape index (κ3) is 2.10. The van der Waals surface area contributed by atoms with Crippen LogP contribution in [-0.4, -0.2) is 15.8 Å². The van der Waals surface area contributed by atoms with Gasteiger partial charge in [-0.3, -0.25) is 14.8 Å². The Kier molecular flexibility index (Phi) is 2.75. The summed E-state index contributed by atoms with van der Waals surface area (Å²) >= 11 is 1.59. The Morgan fingerprint density at radius 1 is 0.952 bits per heavy atom. The van der Waals surface area contributed by atoms with Crippen LogP contribution in [0.3, 0.4) is 0 Å². The standard InChI is InChI=1S/C17H10N2OS/c20-17(13-9-16-15(19-10-13)5-7-21-16)12-3-4-14-11(8-12)2-1-6-18-14/h1-10H. The maximum absolute atomic E-state index is 12.6. The molecule has 3 aromatic heterocycles. The normalized spacial score (nSPS) is 11.0. The molecule has 0 aliphatic heterocycles. The van der Waals surface area contributed by atoms with Crippen molar-refractivity contribution in [3.63, 3.8) is 0 Å². The topological polar surface area (TPSA) is 42.9 Å². The number of fused-ring (bicyclic) bond motifs is 2. The molecule has 0 spiro atoms. The van der Waals surface area contributed by atoms with Crippen LogP contribution in [0.5, 0.6) is 0 Å². The number of pyridine rings is 2. The van der Waals surface area contributed by atoms with Crippen LogP contribution in [0.25, 0.3) is 21.1 Å². The molecule has 4 rings (SSSR count). The molecule has 0 saturated carbocycles. The van der Waals surface area contributed by atoms with Crippen molar-refractivity contribution in [1.82, 2.24) is 9.97 Å². The lowest BCUT2D eigenvalue weighted by atomic mass is 10.0. The van der Waals surface area contributed by atoms with Gasteiger partial charge in [0.15, 0.2) is 5.78 Å². The minimum atomic E-state index is -0.0106. The molecule has 4 heteroatoms. The molecule has 0 fully saturated rings. The molecule has 3 nitrogen and oxygen atoms in total. The third-order valence-electron chi connectivity index (χ3n) is 3.43. The second kappa shape index (κ2) is 4.75. The summed E-state index contributed by atoms with van der Waals surface area (Å²) in [6, 6.07) is 13.3. The third-order valence-corrected chi connectivity index (χ3v) is 4.28. The van der Waals surface area contributed by atoms with Crippen molar-refractivity contribution in [1.29, 1.82) is 0 Å². The van der Waals surface area contributed by atoms with Gasteiger partial charge in [0.05, 0.1) is 15.7 Å². The van der Waals surface area contributed by atoms with E-state index < -0.39 is 0 Å². The van der Waals surface area contributed by atoms with Crippen LogP contribution in [0, 0.1) is 0 Å². The first-order valence-corrected chi connectivity index (χ1v) is 7.42. The molecule has 21 heavy (non-hydrogen) atoms. The summed E-state index contributed by atoms with van der Waals surface area (Å²) in [5, 5.41) is 2.95. The van der Waals surface area contributed by atoms with Crippen molar-refractivity contribution in [3.05, 3.63) is 71.4 Å². The van der Waals surface area contributed by atoms with Gasteiger partial charge in [-0.05, 0) is 41.8 Å². The molecule has 0 unspecified atom stereocenters. The van der Waals surface area contributed by atoms with Gasteiger partial charge in [-0.2, -0.15) is 0 Å². The van der Waals surface area contributed by atoms with E-state index in [2.05, 4.69) is 9.97 Å². The number of hydrogen-bond donors (Lipinski definition) is 0. The molecular formula is C17H10N2OS. The van der Waals surface area contributed by atoms with E-state index in [1.807, 2.05) is 47.8 Å². The van der Waals surface area contributed by atoms with Gasteiger partial charge in [0.1, 0.15) is 0 Å². The maximum atomic E-state index is 12.6. The van der Waals surface area contributed by atoms with Crippen LogP contribution < -0.4 is 0 Å². The zero-order chi connectivity index (χ0) is 14.2. The van der Waals surface area contributed by atoms with E-state index in [1.54, 1.807) is 23.7 Å². The molecule has 0 atom stereocenters. The van der Waals surface area contributed by atoms with E-state index in [0.29, 0.717) is 11.1 Å². The smallest absolute Gasteiger partial charge is 0.194 e.